The fourth-order valence-electron chi connectivity index (χ4n) is 4.87. The first-order valence-corrected chi connectivity index (χ1v) is 12.8. The third-order valence-electron chi connectivity index (χ3n) is 6.30. The summed E-state index contributed by atoms with van der Waals surface area (Å²) < 4.78 is 34.3. The molecule has 2 bridgehead atoms. The van der Waals surface area contributed by atoms with Gasteiger partial charge in [0.15, 0.2) is 0 Å². The minimum atomic E-state index is -3.47. The molecule has 3 saturated heterocycles. The summed E-state index contributed by atoms with van der Waals surface area (Å²) in [4.78, 5) is 4.72. The number of fused-ring (bicyclic) bond motifs is 2. The molecule has 0 aliphatic carbocycles. The van der Waals surface area contributed by atoms with Gasteiger partial charge in [0.05, 0.1) is 18.2 Å². The fourth-order valence-corrected chi connectivity index (χ4v) is 7.48. The first-order valence-electron chi connectivity index (χ1n) is 10.5. The molecule has 0 radical (unpaired) electrons. The van der Waals surface area contributed by atoms with Crippen molar-refractivity contribution in [3.8, 4) is 5.75 Å². The van der Waals surface area contributed by atoms with Crippen molar-refractivity contribution in [2.24, 2.45) is 0 Å². The smallest absolute Gasteiger partial charge is 0.252 e. The first kappa shape index (κ1) is 20.3. The Morgan fingerprint density at radius 2 is 1.77 bits per heavy atom. The van der Waals surface area contributed by atoms with Crippen molar-refractivity contribution in [2.75, 3.05) is 44.2 Å². The number of ether oxygens (including phenoxy) is 1. The number of nitrogens with zero attached hydrogens (tertiary/aromatic N) is 3. The lowest BCUT2D eigenvalue weighted by Gasteiger charge is -2.45. The molecule has 3 atom stereocenters. The number of rotatable bonds is 5. The van der Waals surface area contributed by atoms with Crippen LogP contribution < -0.4 is 4.90 Å². The lowest BCUT2D eigenvalue weighted by atomic mass is 10.1. The molecule has 3 fully saturated rings. The van der Waals surface area contributed by atoms with Gasteiger partial charge in [0.1, 0.15) is 9.96 Å². The van der Waals surface area contributed by atoms with Crippen molar-refractivity contribution in [1.82, 2.24) is 9.21 Å². The van der Waals surface area contributed by atoms with Gasteiger partial charge in [-0.05, 0) is 48.6 Å². The molecule has 0 amide bonds. The zero-order chi connectivity index (χ0) is 20.7. The van der Waals surface area contributed by atoms with Gasteiger partial charge in [-0.2, -0.15) is 4.31 Å². The van der Waals surface area contributed by atoms with Crippen LogP contribution in [0.5, 0.6) is 5.75 Å². The second kappa shape index (κ2) is 8.12. The molecular weight excluding hydrogens is 422 g/mol. The van der Waals surface area contributed by atoms with Crippen LogP contribution in [0.3, 0.4) is 0 Å². The lowest BCUT2D eigenvalue weighted by molar-refractivity contribution is -0.0406. The molecule has 3 aliphatic heterocycles. The van der Waals surface area contributed by atoms with Crippen LogP contribution in [0.2, 0.25) is 0 Å². The van der Waals surface area contributed by atoms with Crippen LogP contribution in [0, 0.1) is 0 Å². The average molecular weight is 450 g/mol. The van der Waals surface area contributed by atoms with E-state index in [0.717, 1.165) is 38.2 Å². The Morgan fingerprint density at radius 1 is 1.03 bits per heavy atom. The molecule has 5 rings (SSSR count). The molecule has 4 heterocycles. The minimum Gasteiger partial charge on any atom is -0.508 e. The molecule has 1 N–H and O–H groups in total. The van der Waals surface area contributed by atoms with E-state index in [1.54, 1.807) is 34.0 Å². The molecule has 9 heteroatoms. The van der Waals surface area contributed by atoms with E-state index >= 15 is 0 Å². The quantitative estimate of drug-likeness (QED) is 0.755. The zero-order valence-corrected chi connectivity index (χ0v) is 18.4. The van der Waals surface area contributed by atoms with Gasteiger partial charge in [-0.25, -0.2) is 8.42 Å². The van der Waals surface area contributed by atoms with Gasteiger partial charge in [-0.15, -0.1) is 11.3 Å². The Balaban J connectivity index is 1.38. The van der Waals surface area contributed by atoms with Crippen LogP contribution in [0.15, 0.2) is 46.0 Å². The predicted octanol–water partition coefficient (Wildman–Crippen LogP) is 2.20. The van der Waals surface area contributed by atoms with Crippen LogP contribution in [-0.2, 0) is 14.8 Å². The summed E-state index contributed by atoms with van der Waals surface area (Å²) >= 11 is 1.27. The monoisotopic (exact) mass is 449 g/mol. The molecule has 2 unspecified atom stereocenters. The minimum absolute atomic E-state index is 0.0375. The third kappa shape index (κ3) is 3.97. The molecule has 0 spiro atoms. The number of likely N-dealkylation sites (tertiary alicyclic amines) is 1. The van der Waals surface area contributed by atoms with E-state index in [1.807, 2.05) is 12.1 Å². The molecule has 3 aliphatic rings. The van der Waals surface area contributed by atoms with Gasteiger partial charge < -0.3 is 14.7 Å². The molecule has 162 valence electrons. The van der Waals surface area contributed by atoms with Gasteiger partial charge in [0.25, 0.3) is 10.0 Å². The molecule has 1 aromatic heterocycles. The molecule has 30 heavy (non-hydrogen) atoms. The molecule has 2 aromatic rings. The molecule has 7 nitrogen and oxygen atoms in total. The summed E-state index contributed by atoms with van der Waals surface area (Å²) in [6.45, 7) is 4.15. The van der Waals surface area contributed by atoms with Crippen molar-refractivity contribution < 1.29 is 18.3 Å². The highest BCUT2D eigenvalue weighted by atomic mass is 32.2. The number of morpholine rings is 1. The Kier molecular flexibility index (Phi) is 5.49. The normalized spacial score (nSPS) is 28.1. The van der Waals surface area contributed by atoms with Crippen LogP contribution >= 0.6 is 11.3 Å². The van der Waals surface area contributed by atoms with Crippen molar-refractivity contribution in [3.63, 3.8) is 0 Å². The fraction of sp³-hybridized carbons (Fsp3) is 0.524. The van der Waals surface area contributed by atoms with E-state index in [2.05, 4.69) is 9.80 Å². The summed E-state index contributed by atoms with van der Waals surface area (Å²) in [6.07, 6.45) is 2.85. The van der Waals surface area contributed by atoms with E-state index < -0.39 is 10.0 Å². The summed E-state index contributed by atoms with van der Waals surface area (Å²) in [7, 11) is -3.47. The van der Waals surface area contributed by atoms with E-state index in [1.165, 1.54) is 11.3 Å². The largest absolute Gasteiger partial charge is 0.508 e. The summed E-state index contributed by atoms with van der Waals surface area (Å²) in [5.74, 6) is 0.235. The van der Waals surface area contributed by atoms with Crippen molar-refractivity contribution in [1.29, 1.82) is 0 Å². The molecule has 1 aromatic carbocycles. The Labute approximate surface area is 181 Å². The number of phenolic OH excluding ortho intramolecular Hbond substituents is 1. The summed E-state index contributed by atoms with van der Waals surface area (Å²) in [5, 5.41) is 11.5. The maximum atomic E-state index is 13.1. The van der Waals surface area contributed by atoms with Crippen LogP contribution in [0.25, 0.3) is 0 Å². The molecule has 0 saturated carbocycles. The predicted molar refractivity (Wildman–Crippen MR) is 117 cm³/mol. The van der Waals surface area contributed by atoms with E-state index in [9.17, 15) is 13.5 Å². The zero-order valence-electron chi connectivity index (χ0n) is 16.8. The number of hydrogen-bond acceptors (Lipinski definition) is 7. The van der Waals surface area contributed by atoms with Crippen LogP contribution in [-0.4, -0.2) is 80.2 Å². The number of anilines is 1. The van der Waals surface area contributed by atoms with Gasteiger partial charge in [-0.1, -0.05) is 6.07 Å². The third-order valence-corrected chi connectivity index (χ3v) is 9.54. The van der Waals surface area contributed by atoms with E-state index in [-0.39, 0.29) is 11.8 Å². The van der Waals surface area contributed by atoms with Crippen LogP contribution in [0.4, 0.5) is 5.69 Å². The van der Waals surface area contributed by atoms with E-state index in [4.69, 9.17) is 4.74 Å². The maximum Gasteiger partial charge on any atom is 0.252 e. The molecular formula is C21H27N3O4S2. The standard InChI is InChI=1S/C21H27N3O4S2/c25-18-5-3-16(4-6-18)24-10-9-23(30(26,27)21-2-1-11-29-21)13-17(24)12-22-14-19-7-8-20(15-22)28-19/h1-6,11,17,19-20,25H,7-10,12-15H2/t17-,19?,20?/m0/s1. The first-order chi connectivity index (χ1) is 14.5. The lowest BCUT2D eigenvalue weighted by Crippen LogP contribution is -2.59. The number of hydrogen-bond donors (Lipinski definition) is 1. The average Bonchev–Trinajstić information content (AvgIpc) is 3.39. The number of piperazine rings is 1. The number of aromatic hydroxyl groups is 1. The Hall–Kier alpha value is -1.65. The van der Waals surface area contributed by atoms with E-state index in [0.29, 0.717) is 36.1 Å². The SMILES string of the molecule is O=S(=O)(c1cccs1)N1CCN(c2ccc(O)cc2)[C@@H](CN2CC3CCC(C2)O3)C1. The number of sulfonamides is 1. The van der Waals surface area contributed by atoms with Crippen LogP contribution in [0.1, 0.15) is 12.8 Å². The van der Waals surface area contributed by atoms with Crippen molar-refractivity contribution in [2.45, 2.75) is 35.3 Å². The van der Waals surface area contributed by atoms with Gasteiger partial charge in [0, 0.05) is 45.0 Å². The second-order valence-electron chi connectivity index (χ2n) is 8.33. The summed E-state index contributed by atoms with van der Waals surface area (Å²) in [6, 6.07) is 10.7. The highest BCUT2D eigenvalue weighted by Crippen LogP contribution is 2.30. The number of benzene rings is 1. The maximum absolute atomic E-state index is 13.1. The Bertz CT molecular complexity index is 953. The van der Waals surface area contributed by atoms with Crippen molar-refractivity contribution in [3.05, 3.63) is 41.8 Å². The highest BCUT2D eigenvalue weighted by molar-refractivity contribution is 7.91. The van der Waals surface area contributed by atoms with Crippen molar-refractivity contribution >= 4 is 27.0 Å². The topological polar surface area (TPSA) is 73.3 Å². The number of thiophene rings is 1. The summed E-state index contributed by atoms with van der Waals surface area (Å²) in [5.41, 5.74) is 1.02. The van der Waals surface area contributed by atoms with Gasteiger partial charge >= 0.3 is 0 Å². The second-order valence-corrected chi connectivity index (χ2v) is 11.4. The Morgan fingerprint density at radius 3 is 2.43 bits per heavy atom. The van der Waals surface area contributed by atoms with Gasteiger partial charge in [0.2, 0.25) is 0 Å². The van der Waals surface area contributed by atoms with Gasteiger partial charge in [-0.3, -0.25) is 4.90 Å². The number of phenols is 1. The highest BCUT2D eigenvalue weighted by Gasteiger charge is 2.39.